The predicted molar refractivity (Wildman–Crippen MR) is 147 cm³/mol. The minimum atomic E-state index is -0.576. The van der Waals surface area contributed by atoms with Gasteiger partial charge in [0.25, 0.3) is 0 Å². The first-order valence-corrected chi connectivity index (χ1v) is 12.1. The summed E-state index contributed by atoms with van der Waals surface area (Å²) in [5.41, 5.74) is 5.49. The number of ether oxygens (including phenoxy) is 2. The zero-order valence-corrected chi connectivity index (χ0v) is 23.1. The normalized spacial score (nSPS) is 11.1. The molecule has 202 valence electrons. The minimum absolute atomic E-state index is 0.0578. The van der Waals surface area contributed by atoms with Crippen LogP contribution in [0.2, 0.25) is 0 Å². The van der Waals surface area contributed by atoms with E-state index >= 15 is 0 Å². The highest BCUT2D eigenvalue weighted by atomic mass is 32.2. The zero-order chi connectivity index (χ0) is 28.4. The molecule has 2 N–H and O–H groups in total. The molecule has 0 saturated carbocycles. The fraction of sp³-hybridized carbons (Fsp3) is 0.385. The van der Waals surface area contributed by atoms with E-state index in [9.17, 15) is 13.6 Å². The fourth-order valence-electron chi connectivity index (χ4n) is 1.97. The first-order chi connectivity index (χ1) is 17.3. The smallest absolute Gasteiger partial charge is 0.409 e. The molecule has 1 aromatic carbocycles. The molecule has 0 atom stereocenters. The Hall–Kier alpha value is -3.65. The van der Waals surface area contributed by atoms with Gasteiger partial charge in [-0.15, -0.1) is 6.42 Å². The average molecular weight is 536 g/mol. The van der Waals surface area contributed by atoms with Crippen molar-refractivity contribution >= 4 is 34.9 Å². The molecule has 37 heavy (non-hydrogen) atoms. The Morgan fingerprint density at radius 1 is 1.24 bits per heavy atom. The second-order valence-electron chi connectivity index (χ2n) is 8.15. The van der Waals surface area contributed by atoms with Gasteiger partial charge >= 0.3 is 6.09 Å². The number of carbonyl (C=O) groups excluding carboxylic acids is 1. The van der Waals surface area contributed by atoms with E-state index in [0.717, 1.165) is 5.75 Å². The van der Waals surface area contributed by atoms with Crippen LogP contribution in [0, 0.1) is 18.2 Å². The molecule has 1 aromatic heterocycles. The summed E-state index contributed by atoms with van der Waals surface area (Å²) in [6, 6.07) is 5.43. The number of nitrogens with two attached hydrogens (primary N) is 1. The van der Waals surface area contributed by atoms with Crippen LogP contribution in [0.15, 0.2) is 41.7 Å². The fourth-order valence-corrected chi connectivity index (χ4v) is 2.40. The molecular weight excluding hydrogens is 500 g/mol. The first kappa shape index (κ1) is 33.4. The molecule has 0 aliphatic carbocycles. The summed E-state index contributed by atoms with van der Waals surface area (Å²) in [7, 11) is 5.01. The maximum atomic E-state index is 13.9. The van der Waals surface area contributed by atoms with E-state index in [1.165, 1.54) is 47.6 Å². The molecule has 0 spiro atoms. The van der Waals surface area contributed by atoms with Crippen molar-refractivity contribution in [2.45, 2.75) is 33.3 Å². The van der Waals surface area contributed by atoms with Crippen LogP contribution in [-0.4, -0.2) is 65.2 Å². The Balaban J connectivity index is 0.000000637. The predicted octanol–water partition coefficient (Wildman–Crippen LogP) is 5.26. The van der Waals surface area contributed by atoms with Crippen LogP contribution in [0.25, 0.3) is 11.9 Å². The van der Waals surface area contributed by atoms with Gasteiger partial charge in [0.15, 0.2) is 17.6 Å². The van der Waals surface area contributed by atoms with Gasteiger partial charge in [-0.2, -0.15) is 0 Å². The number of thioether (sulfide) groups is 1. The number of halogens is 2. The lowest BCUT2D eigenvalue weighted by Crippen LogP contribution is -2.31. The molecule has 2 aromatic rings. The van der Waals surface area contributed by atoms with Crippen molar-refractivity contribution in [3.8, 4) is 18.2 Å². The molecule has 1 amide bonds. The number of terminal acetylenes is 1. The van der Waals surface area contributed by atoms with Crippen LogP contribution in [0.3, 0.4) is 0 Å². The molecular formula is C26H35F2N5O3S. The number of aromatic nitrogens is 2. The number of hydrogen-bond acceptors (Lipinski definition) is 7. The van der Waals surface area contributed by atoms with E-state index in [0.29, 0.717) is 10.7 Å². The summed E-state index contributed by atoms with van der Waals surface area (Å²) in [6.07, 6.45) is 8.49. The third-order valence-electron chi connectivity index (χ3n) is 3.61. The number of carbonyl (C=O) groups is 1. The largest absolute Gasteiger partial charge is 0.463 e. The van der Waals surface area contributed by atoms with Gasteiger partial charge < -0.3 is 20.1 Å². The van der Waals surface area contributed by atoms with Crippen molar-refractivity contribution in [2.24, 2.45) is 10.7 Å². The molecule has 0 bridgehead atoms. The number of hydrogen-bond donors (Lipinski definition) is 1. The second-order valence-corrected chi connectivity index (χ2v) is 9.43. The molecule has 11 heteroatoms. The lowest BCUT2D eigenvalue weighted by molar-refractivity contribution is 0.0341. The quantitative estimate of drug-likeness (QED) is 0.316. The molecule has 0 aliphatic heterocycles. The molecule has 8 nitrogen and oxygen atoms in total. The summed E-state index contributed by atoms with van der Waals surface area (Å²) in [5.74, 6) is 2.56. The lowest BCUT2D eigenvalue weighted by Gasteiger charge is -2.22. The van der Waals surface area contributed by atoms with Gasteiger partial charge in [-0.05, 0) is 50.3 Å². The molecule has 2 rings (SSSR count). The molecule has 0 unspecified atom stereocenters. The monoisotopic (exact) mass is 535 g/mol. The van der Waals surface area contributed by atoms with Crippen LogP contribution in [-0.2, 0) is 4.74 Å². The Labute approximate surface area is 222 Å². The Kier molecular flexibility index (Phi) is 16.0. The van der Waals surface area contributed by atoms with Crippen LogP contribution < -0.4 is 10.5 Å². The van der Waals surface area contributed by atoms with Crippen LogP contribution in [0.1, 0.15) is 39.0 Å². The first-order valence-electron chi connectivity index (χ1n) is 11.1. The summed E-state index contributed by atoms with van der Waals surface area (Å²) in [6.45, 7) is 7.64. The highest BCUT2D eigenvalue weighted by molar-refractivity contribution is 8.13. The minimum Gasteiger partial charge on any atom is -0.463 e. The van der Waals surface area contributed by atoms with Gasteiger partial charge in [-0.25, -0.2) is 23.5 Å². The zero-order valence-electron chi connectivity index (χ0n) is 22.3. The molecule has 0 aliphatic rings. The maximum Gasteiger partial charge on any atom is 0.409 e. The molecule has 0 fully saturated rings. The van der Waals surface area contributed by atoms with E-state index in [1.807, 2.05) is 27.7 Å². The third-order valence-corrected chi connectivity index (χ3v) is 4.38. The second kappa shape index (κ2) is 17.7. The number of rotatable bonds is 5. The van der Waals surface area contributed by atoms with E-state index < -0.39 is 5.83 Å². The molecule has 0 radical (unpaired) electrons. The molecule has 0 saturated heterocycles. The van der Waals surface area contributed by atoms with Crippen molar-refractivity contribution in [1.29, 1.82) is 0 Å². The number of aliphatic imine (C=N–C) groups is 1. The van der Waals surface area contributed by atoms with Crippen molar-refractivity contribution in [2.75, 3.05) is 33.5 Å². The summed E-state index contributed by atoms with van der Waals surface area (Å²) in [4.78, 5) is 23.7. The Bertz CT molecular complexity index is 1050. The summed E-state index contributed by atoms with van der Waals surface area (Å²) < 4.78 is 36.6. The van der Waals surface area contributed by atoms with Crippen LogP contribution in [0.5, 0.6) is 5.88 Å². The topological polar surface area (TPSA) is 103 Å². The van der Waals surface area contributed by atoms with Gasteiger partial charge in [0.05, 0.1) is 12.4 Å². The third kappa shape index (κ3) is 16.6. The van der Waals surface area contributed by atoms with Gasteiger partial charge in [0, 0.05) is 21.1 Å². The van der Waals surface area contributed by atoms with Gasteiger partial charge in [-0.3, -0.25) is 4.99 Å². The van der Waals surface area contributed by atoms with E-state index in [-0.39, 0.29) is 35.7 Å². The number of amidine groups is 1. The van der Waals surface area contributed by atoms with Crippen molar-refractivity contribution in [3.63, 3.8) is 0 Å². The van der Waals surface area contributed by atoms with Gasteiger partial charge in [0.2, 0.25) is 5.88 Å². The van der Waals surface area contributed by atoms with Gasteiger partial charge in [-0.1, -0.05) is 36.7 Å². The molecule has 1 heterocycles. The van der Waals surface area contributed by atoms with E-state index in [4.69, 9.17) is 21.6 Å². The Morgan fingerprint density at radius 3 is 2.24 bits per heavy atom. The SMILES string of the molecule is C#CCOc1cnc(/C(F)=C/c2ccc(F)cc2)cn1.CCSC(N)=NC.CN(C)C(=O)OC(C)(C)C. The maximum absolute atomic E-state index is 13.9. The number of nitrogens with zero attached hydrogens (tertiary/aromatic N) is 4. The number of amides is 1. The lowest BCUT2D eigenvalue weighted by atomic mass is 10.2. The average Bonchev–Trinajstić information content (AvgIpc) is 2.84. The summed E-state index contributed by atoms with van der Waals surface area (Å²) >= 11 is 1.56. The standard InChI is InChI=1S/C15H10F2N2O.C7H15NO2.C4H10N2S/c1-2-7-20-15-10-18-14(9-19-15)13(17)8-11-3-5-12(16)6-4-11;1-7(2,3)10-6(9)8(4)5;1-3-7-4(5)6-2/h1,3-6,8-10H,7H2;1-5H3;3H2,1-2H3,(H2,5,6)/b13-8-;;. The van der Waals surface area contributed by atoms with Crippen molar-refractivity contribution < 1.29 is 23.0 Å². The summed E-state index contributed by atoms with van der Waals surface area (Å²) in [5, 5.41) is 0.669. The van der Waals surface area contributed by atoms with Crippen molar-refractivity contribution in [1.82, 2.24) is 14.9 Å². The van der Waals surface area contributed by atoms with Crippen molar-refractivity contribution in [3.05, 3.63) is 53.7 Å². The van der Waals surface area contributed by atoms with Gasteiger partial charge in [0.1, 0.15) is 17.1 Å². The Morgan fingerprint density at radius 2 is 1.86 bits per heavy atom. The number of benzene rings is 1. The van der Waals surface area contributed by atoms with E-state index in [2.05, 4.69) is 20.9 Å². The highest BCUT2D eigenvalue weighted by Gasteiger charge is 2.16. The van der Waals surface area contributed by atoms with E-state index in [1.54, 1.807) is 32.9 Å². The highest BCUT2D eigenvalue weighted by Crippen LogP contribution is 2.18. The van der Waals surface area contributed by atoms with Crippen LogP contribution >= 0.6 is 11.8 Å². The van der Waals surface area contributed by atoms with Crippen LogP contribution in [0.4, 0.5) is 13.6 Å².